The summed E-state index contributed by atoms with van der Waals surface area (Å²) in [5.74, 6) is 0.803. The Kier molecular flexibility index (Phi) is 5.21. The molecule has 0 aromatic heterocycles. The lowest BCUT2D eigenvalue weighted by Gasteiger charge is -2.31. The van der Waals surface area contributed by atoms with E-state index in [0.29, 0.717) is 6.04 Å². The Hall–Kier alpha value is -0.860. The number of nitrogens with two attached hydrogens (primary N) is 1. The van der Waals surface area contributed by atoms with Gasteiger partial charge in [0.05, 0.1) is 0 Å². The number of rotatable bonds is 5. The zero-order chi connectivity index (χ0) is 12.8. The van der Waals surface area contributed by atoms with E-state index in [1.54, 1.807) is 0 Å². The second-order valence-corrected chi connectivity index (χ2v) is 5.61. The van der Waals surface area contributed by atoms with Crippen LogP contribution in [0, 0.1) is 5.92 Å². The minimum absolute atomic E-state index is 0.444. The minimum Gasteiger partial charge on any atom is -0.328 e. The van der Waals surface area contributed by atoms with Gasteiger partial charge in [-0.2, -0.15) is 0 Å². The molecule has 2 rings (SSSR count). The molecule has 0 bridgehead atoms. The maximum Gasteiger partial charge on any atom is 0.0233 e. The molecule has 2 atom stereocenters. The van der Waals surface area contributed by atoms with E-state index in [9.17, 15) is 0 Å². The van der Waals surface area contributed by atoms with Gasteiger partial charge in [-0.05, 0) is 37.3 Å². The summed E-state index contributed by atoms with van der Waals surface area (Å²) in [6.07, 6.45) is 5.11. The monoisotopic (exact) mass is 246 g/mol. The van der Waals surface area contributed by atoms with Crippen LogP contribution in [-0.2, 0) is 6.54 Å². The Bertz CT molecular complexity index is 336. The van der Waals surface area contributed by atoms with Gasteiger partial charge in [0.1, 0.15) is 0 Å². The molecule has 0 heterocycles. The molecule has 1 aliphatic rings. The molecule has 2 nitrogen and oxygen atoms in total. The second kappa shape index (κ2) is 6.91. The summed E-state index contributed by atoms with van der Waals surface area (Å²) in [5, 5.41) is 0. The van der Waals surface area contributed by atoms with Gasteiger partial charge in [-0.15, -0.1) is 0 Å². The third-order valence-corrected chi connectivity index (χ3v) is 4.04. The van der Waals surface area contributed by atoms with E-state index in [4.69, 9.17) is 5.73 Å². The van der Waals surface area contributed by atoms with Crippen LogP contribution in [0.3, 0.4) is 0 Å². The highest BCUT2D eigenvalue weighted by molar-refractivity contribution is 5.14. The molecular formula is C16H26N2. The molecule has 0 aliphatic heterocycles. The first-order chi connectivity index (χ1) is 8.78. The molecule has 2 unspecified atom stereocenters. The Morgan fingerprint density at radius 3 is 2.67 bits per heavy atom. The molecule has 2 heteroatoms. The van der Waals surface area contributed by atoms with E-state index < -0.39 is 0 Å². The molecular weight excluding hydrogens is 220 g/mol. The minimum atomic E-state index is 0.444. The fourth-order valence-corrected chi connectivity index (χ4v) is 3.01. The van der Waals surface area contributed by atoms with Crippen molar-refractivity contribution in [3.05, 3.63) is 35.9 Å². The fraction of sp³-hybridized carbons (Fsp3) is 0.625. The maximum atomic E-state index is 6.08. The van der Waals surface area contributed by atoms with Crippen LogP contribution in [0.4, 0.5) is 0 Å². The van der Waals surface area contributed by atoms with Crippen LogP contribution >= 0.6 is 0 Å². The Morgan fingerprint density at radius 2 is 2.00 bits per heavy atom. The predicted molar refractivity (Wildman–Crippen MR) is 77.3 cm³/mol. The first-order valence-electron chi connectivity index (χ1n) is 7.29. The standard InChI is InChI=1S/C16H26N2/c1-2-18(12-14-7-4-3-5-8-14)13-15-9-6-10-16(17)11-15/h3-5,7-8,15-16H,2,6,9-13,17H2,1H3. The third kappa shape index (κ3) is 4.11. The molecule has 100 valence electrons. The molecule has 0 spiro atoms. The lowest BCUT2D eigenvalue weighted by atomic mass is 9.86. The Morgan fingerprint density at radius 1 is 1.22 bits per heavy atom. The van der Waals surface area contributed by atoms with Crippen molar-refractivity contribution in [3.63, 3.8) is 0 Å². The van der Waals surface area contributed by atoms with Crippen LogP contribution in [0.15, 0.2) is 30.3 Å². The number of benzene rings is 1. The molecule has 1 aliphatic carbocycles. The summed E-state index contributed by atoms with van der Waals surface area (Å²) >= 11 is 0. The molecule has 1 aromatic carbocycles. The van der Waals surface area contributed by atoms with E-state index in [1.807, 2.05) is 0 Å². The van der Waals surface area contributed by atoms with Crippen LogP contribution in [0.5, 0.6) is 0 Å². The van der Waals surface area contributed by atoms with Crippen molar-refractivity contribution >= 4 is 0 Å². The molecule has 1 fully saturated rings. The van der Waals surface area contributed by atoms with Gasteiger partial charge in [0.2, 0.25) is 0 Å². The summed E-state index contributed by atoms with van der Waals surface area (Å²) in [4.78, 5) is 2.55. The van der Waals surface area contributed by atoms with E-state index in [-0.39, 0.29) is 0 Å². The van der Waals surface area contributed by atoms with Gasteiger partial charge in [-0.3, -0.25) is 4.90 Å². The third-order valence-electron chi connectivity index (χ3n) is 4.04. The first-order valence-corrected chi connectivity index (χ1v) is 7.29. The van der Waals surface area contributed by atoms with Gasteiger partial charge in [0.15, 0.2) is 0 Å². The highest BCUT2D eigenvalue weighted by Crippen LogP contribution is 2.24. The van der Waals surface area contributed by atoms with Crippen molar-refractivity contribution < 1.29 is 0 Å². The predicted octanol–water partition coefficient (Wildman–Crippen LogP) is 3.03. The first kappa shape index (κ1) is 13.6. The van der Waals surface area contributed by atoms with E-state index >= 15 is 0 Å². The average molecular weight is 246 g/mol. The quantitative estimate of drug-likeness (QED) is 0.865. The highest BCUT2D eigenvalue weighted by Gasteiger charge is 2.21. The smallest absolute Gasteiger partial charge is 0.0233 e. The van der Waals surface area contributed by atoms with Crippen molar-refractivity contribution in [1.82, 2.24) is 4.90 Å². The summed E-state index contributed by atoms with van der Waals surface area (Å²) in [7, 11) is 0. The summed E-state index contributed by atoms with van der Waals surface area (Å²) in [5.41, 5.74) is 7.49. The van der Waals surface area contributed by atoms with Crippen LogP contribution in [-0.4, -0.2) is 24.0 Å². The average Bonchev–Trinajstić information content (AvgIpc) is 2.39. The molecule has 0 saturated heterocycles. The largest absolute Gasteiger partial charge is 0.328 e. The van der Waals surface area contributed by atoms with Crippen LogP contribution in [0.25, 0.3) is 0 Å². The topological polar surface area (TPSA) is 29.3 Å². The molecule has 1 aromatic rings. The fourth-order valence-electron chi connectivity index (χ4n) is 3.01. The summed E-state index contributed by atoms with van der Waals surface area (Å²) in [6, 6.07) is 11.2. The van der Waals surface area contributed by atoms with Gasteiger partial charge < -0.3 is 5.73 Å². The SMILES string of the molecule is CCN(Cc1ccccc1)CC1CCCC(N)C1. The number of hydrogen-bond donors (Lipinski definition) is 1. The number of hydrogen-bond acceptors (Lipinski definition) is 2. The van der Waals surface area contributed by atoms with E-state index in [0.717, 1.165) is 19.0 Å². The van der Waals surface area contributed by atoms with Crippen molar-refractivity contribution in [2.45, 2.75) is 45.2 Å². The van der Waals surface area contributed by atoms with Crippen molar-refractivity contribution in [2.24, 2.45) is 11.7 Å². The van der Waals surface area contributed by atoms with Crippen molar-refractivity contribution in [3.8, 4) is 0 Å². The Balaban J connectivity index is 1.85. The van der Waals surface area contributed by atoms with E-state index in [2.05, 4.69) is 42.2 Å². The maximum absolute atomic E-state index is 6.08. The highest BCUT2D eigenvalue weighted by atomic mass is 15.1. The molecule has 18 heavy (non-hydrogen) atoms. The zero-order valence-electron chi connectivity index (χ0n) is 11.5. The number of nitrogens with zero attached hydrogens (tertiary/aromatic N) is 1. The zero-order valence-corrected chi connectivity index (χ0v) is 11.5. The molecule has 1 saturated carbocycles. The van der Waals surface area contributed by atoms with Crippen molar-refractivity contribution in [2.75, 3.05) is 13.1 Å². The van der Waals surface area contributed by atoms with Gasteiger partial charge >= 0.3 is 0 Å². The van der Waals surface area contributed by atoms with Crippen LogP contribution in [0.1, 0.15) is 38.2 Å². The van der Waals surface area contributed by atoms with E-state index in [1.165, 1.54) is 37.8 Å². The van der Waals surface area contributed by atoms with Gasteiger partial charge in [0.25, 0.3) is 0 Å². The van der Waals surface area contributed by atoms with Crippen molar-refractivity contribution in [1.29, 1.82) is 0 Å². The van der Waals surface area contributed by atoms with Gasteiger partial charge in [-0.25, -0.2) is 0 Å². The van der Waals surface area contributed by atoms with Crippen LogP contribution < -0.4 is 5.73 Å². The Labute approximate surface area is 111 Å². The van der Waals surface area contributed by atoms with Gasteiger partial charge in [0, 0.05) is 19.1 Å². The lowest BCUT2D eigenvalue weighted by Crippen LogP contribution is -2.35. The summed E-state index contributed by atoms with van der Waals surface area (Å²) in [6.45, 7) is 5.66. The molecule has 0 radical (unpaired) electrons. The molecule has 2 N–H and O–H groups in total. The normalized spacial score (nSPS) is 24.4. The lowest BCUT2D eigenvalue weighted by molar-refractivity contribution is 0.193. The summed E-state index contributed by atoms with van der Waals surface area (Å²) < 4.78 is 0. The molecule has 0 amide bonds. The van der Waals surface area contributed by atoms with Crippen LogP contribution in [0.2, 0.25) is 0 Å². The second-order valence-electron chi connectivity index (χ2n) is 5.61. The van der Waals surface area contributed by atoms with Gasteiger partial charge in [-0.1, -0.05) is 43.7 Å².